The first-order valence-electron chi connectivity index (χ1n) is 23.1. The standard InChI is InChI=1S/C46H91NO5/c1-6-10-14-18-20-27-35-42(33-25-16-12-8-3)45(49)51-39-31-23-22-30-38-47(5)44(41-48)37-29-24-32-40-52-46(50)43(34-26-17-13-9-4)36-28-21-19-15-11-7-2/h42-44,48H,6-41H2,1-5H3. The molecule has 0 radical (unpaired) electrons. The lowest BCUT2D eigenvalue weighted by Crippen LogP contribution is -2.35. The molecule has 3 atom stereocenters. The van der Waals surface area contributed by atoms with E-state index in [1.54, 1.807) is 0 Å². The van der Waals surface area contributed by atoms with Gasteiger partial charge in [0.05, 0.1) is 31.7 Å². The van der Waals surface area contributed by atoms with Crippen molar-refractivity contribution in [2.75, 3.05) is 33.4 Å². The predicted molar refractivity (Wildman–Crippen MR) is 223 cm³/mol. The SMILES string of the molecule is CCCCCCCCC(CCCCCC)C(=O)OCCCCCCN(C)C(CO)CCCCCOC(=O)C(CCCCCC)CCCCCCCC. The second-order valence-electron chi connectivity index (χ2n) is 16.1. The number of esters is 2. The Bertz CT molecular complexity index is 761. The number of ether oxygens (including phenoxy) is 2. The molecule has 0 rings (SSSR count). The molecule has 6 heteroatoms. The van der Waals surface area contributed by atoms with Crippen LogP contribution in [-0.4, -0.2) is 61.4 Å². The Morgan fingerprint density at radius 2 is 0.750 bits per heavy atom. The Morgan fingerprint density at radius 3 is 1.15 bits per heavy atom. The summed E-state index contributed by atoms with van der Waals surface area (Å²) < 4.78 is 11.6. The summed E-state index contributed by atoms with van der Waals surface area (Å²) in [5.41, 5.74) is 0. The lowest BCUT2D eigenvalue weighted by molar-refractivity contribution is -0.150. The van der Waals surface area contributed by atoms with Gasteiger partial charge in [0.2, 0.25) is 0 Å². The molecule has 0 saturated carbocycles. The molecule has 310 valence electrons. The highest BCUT2D eigenvalue weighted by Gasteiger charge is 2.21. The molecule has 0 spiro atoms. The maximum Gasteiger partial charge on any atom is 0.308 e. The third kappa shape index (κ3) is 31.2. The normalized spacial score (nSPS) is 13.4. The number of carbonyl (C=O) groups is 2. The number of aliphatic hydroxyl groups excluding tert-OH is 1. The van der Waals surface area contributed by atoms with Gasteiger partial charge < -0.3 is 19.5 Å². The van der Waals surface area contributed by atoms with Crippen molar-refractivity contribution in [2.45, 2.75) is 239 Å². The van der Waals surface area contributed by atoms with E-state index in [0.717, 1.165) is 109 Å². The molecule has 0 aliphatic rings. The highest BCUT2D eigenvalue weighted by atomic mass is 16.5. The van der Waals surface area contributed by atoms with Gasteiger partial charge in [0.25, 0.3) is 0 Å². The van der Waals surface area contributed by atoms with Crippen LogP contribution in [0.5, 0.6) is 0 Å². The highest BCUT2D eigenvalue weighted by Crippen LogP contribution is 2.22. The van der Waals surface area contributed by atoms with Crippen LogP contribution in [0.4, 0.5) is 0 Å². The molecule has 0 saturated heterocycles. The number of rotatable bonds is 41. The van der Waals surface area contributed by atoms with E-state index in [-0.39, 0.29) is 36.4 Å². The van der Waals surface area contributed by atoms with E-state index >= 15 is 0 Å². The first-order chi connectivity index (χ1) is 25.4. The van der Waals surface area contributed by atoms with Gasteiger partial charge in [0.15, 0.2) is 0 Å². The number of hydrogen-bond donors (Lipinski definition) is 1. The fraction of sp³-hybridized carbons (Fsp3) is 0.957. The van der Waals surface area contributed by atoms with Crippen molar-refractivity contribution >= 4 is 11.9 Å². The van der Waals surface area contributed by atoms with Crippen LogP contribution in [0.2, 0.25) is 0 Å². The van der Waals surface area contributed by atoms with Crippen LogP contribution in [0, 0.1) is 11.8 Å². The number of aliphatic hydroxyl groups is 1. The largest absolute Gasteiger partial charge is 0.465 e. The topological polar surface area (TPSA) is 76.1 Å². The fourth-order valence-electron chi connectivity index (χ4n) is 7.43. The summed E-state index contributed by atoms with van der Waals surface area (Å²) >= 11 is 0. The monoisotopic (exact) mass is 738 g/mol. The van der Waals surface area contributed by atoms with E-state index in [0.29, 0.717) is 13.2 Å². The number of likely N-dealkylation sites (N-methyl/N-ethyl adjacent to an activating group) is 1. The Hall–Kier alpha value is -1.14. The predicted octanol–water partition coefficient (Wildman–Crippen LogP) is 13.2. The molecule has 0 aliphatic heterocycles. The van der Waals surface area contributed by atoms with Crippen molar-refractivity contribution in [1.29, 1.82) is 0 Å². The number of hydrogen-bond acceptors (Lipinski definition) is 6. The van der Waals surface area contributed by atoms with E-state index in [1.807, 2.05) is 0 Å². The number of unbranched alkanes of at least 4 members (excludes halogenated alkanes) is 21. The summed E-state index contributed by atoms with van der Waals surface area (Å²) in [6.07, 6.45) is 36.9. The summed E-state index contributed by atoms with van der Waals surface area (Å²) in [5.74, 6) is 0.225. The average molecular weight is 738 g/mol. The van der Waals surface area contributed by atoms with Gasteiger partial charge in [-0.1, -0.05) is 182 Å². The quantitative estimate of drug-likeness (QED) is 0.0497. The van der Waals surface area contributed by atoms with Gasteiger partial charge in [-0.2, -0.15) is 0 Å². The zero-order chi connectivity index (χ0) is 38.3. The Morgan fingerprint density at radius 1 is 0.442 bits per heavy atom. The lowest BCUT2D eigenvalue weighted by atomic mass is 9.94. The molecule has 3 unspecified atom stereocenters. The van der Waals surface area contributed by atoms with Gasteiger partial charge in [0.1, 0.15) is 0 Å². The van der Waals surface area contributed by atoms with Gasteiger partial charge >= 0.3 is 11.9 Å². The average Bonchev–Trinajstić information content (AvgIpc) is 3.15. The van der Waals surface area contributed by atoms with Crippen LogP contribution >= 0.6 is 0 Å². The minimum Gasteiger partial charge on any atom is -0.465 e. The number of nitrogens with zero attached hydrogens (tertiary/aromatic N) is 1. The maximum atomic E-state index is 12.9. The molecule has 52 heavy (non-hydrogen) atoms. The van der Waals surface area contributed by atoms with Crippen LogP contribution in [0.25, 0.3) is 0 Å². The van der Waals surface area contributed by atoms with E-state index in [9.17, 15) is 14.7 Å². The van der Waals surface area contributed by atoms with Crippen molar-refractivity contribution < 1.29 is 24.2 Å². The van der Waals surface area contributed by atoms with Gasteiger partial charge in [-0.05, 0) is 65.0 Å². The van der Waals surface area contributed by atoms with Crippen LogP contribution in [-0.2, 0) is 19.1 Å². The van der Waals surface area contributed by atoms with Crippen molar-refractivity contribution in [3.8, 4) is 0 Å². The second-order valence-corrected chi connectivity index (χ2v) is 16.1. The number of carbonyl (C=O) groups excluding carboxylic acids is 2. The maximum absolute atomic E-state index is 12.9. The first-order valence-corrected chi connectivity index (χ1v) is 23.1. The molecule has 1 N–H and O–H groups in total. The summed E-state index contributed by atoms with van der Waals surface area (Å²) in [6, 6.07) is 0.175. The fourth-order valence-corrected chi connectivity index (χ4v) is 7.43. The van der Waals surface area contributed by atoms with E-state index in [2.05, 4.69) is 39.6 Å². The summed E-state index contributed by atoms with van der Waals surface area (Å²) in [7, 11) is 2.12. The van der Waals surface area contributed by atoms with E-state index in [1.165, 1.54) is 103 Å². The van der Waals surface area contributed by atoms with Gasteiger partial charge in [-0.15, -0.1) is 0 Å². The van der Waals surface area contributed by atoms with E-state index < -0.39 is 0 Å². The second kappa shape index (κ2) is 39.6. The van der Waals surface area contributed by atoms with Gasteiger partial charge in [-0.25, -0.2) is 0 Å². The Kier molecular flexibility index (Phi) is 38.7. The Labute approximate surface area is 324 Å². The molecule has 0 bridgehead atoms. The third-order valence-electron chi connectivity index (χ3n) is 11.2. The summed E-state index contributed by atoms with van der Waals surface area (Å²) in [5, 5.41) is 10.1. The highest BCUT2D eigenvalue weighted by molar-refractivity contribution is 5.72. The summed E-state index contributed by atoms with van der Waals surface area (Å²) in [4.78, 5) is 28.1. The van der Waals surface area contributed by atoms with Crippen LogP contribution in [0.3, 0.4) is 0 Å². The molecular weight excluding hydrogens is 647 g/mol. The molecule has 0 fully saturated rings. The Balaban J connectivity index is 4.23. The molecule has 0 aromatic carbocycles. The van der Waals surface area contributed by atoms with Gasteiger partial charge in [0, 0.05) is 6.04 Å². The summed E-state index contributed by atoms with van der Waals surface area (Å²) in [6.45, 7) is 11.2. The minimum atomic E-state index is 0.0293. The molecule has 0 aromatic heterocycles. The zero-order valence-electron chi connectivity index (χ0n) is 35.7. The van der Waals surface area contributed by atoms with Gasteiger partial charge in [-0.3, -0.25) is 9.59 Å². The molecule has 0 amide bonds. The smallest absolute Gasteiger partial charge is 0.308 e. The van der Waals surface area contributed by atoms with E-state index in [4.69, 9.17) is 9.47 Å². The zero-order valence-corrected chi connectivity index (χ0v) is 35.7. The molecule has 0 aliphatic carbocycles. The van der Waals surface area contributed by atoms with Crippen molar-refractivity contribution in [3.63, 3.8) is 0 Å². The minimum absolute atomic E-state index is 0.0293. The van der Waals surface area contributed by atoms with Crippen LogP contribution in [0.15, 0.2) is 0 Å². The first kappa shape index (κ1) is 50.9. The molecule has 0 heterocycles. The lowest BCUT2D eigenvalue weighted by Gasteiger charge is -2.26. The van der Waals surface area contributed by atoms with Crippen molar-refractivity contribution in [2.24, 2.45) is 11.8 Å². The molecule has 6 nitrogen and oxygen atoms in total. The third-order valence-corrected chi connectivity index (χ3v) is 11.2. The van der Waals surface area contributed by atoms with Crippen molar-refractivity contribution in [1.82, 2.24) is 4.90 Å². The molecular formula is C46H91NO5. The van der Waals surface area contributed by atoms with Crippen molar-refractivity contribution in [3.05, 3.63) is 0 Å². The van der Waals surface area contributed by atoms with Crippen LogP contribution in [0.1, 0.15) is 233 Å². The van der Waals surface area contributed by atoms with Crippen LogP contribution < -0.4 is 0 Å². The molecule has 0 aromatic rings.